The fourth-order valence-corrected chi connectivity index (χ4v) is 10.0. The Morgan fingerprint density at radius 2 is 0.823 bits per heavy atom. The Morgan fingerprint density at radius 1 is 0.456 bits per heavy atom. The number of likely N-dealkylation sites (N-methyl/N-ethyl adjacent to an activating group) is 1. The minimum atomic E-state index is -4.47. The summed E-state index contributed by atoms with van der Waals surface area (Å²) in [5.41, 5.74) is 0. The van der Waals surface area contributed by atoms with Gasteiger partial charge in [0.15, 0.2) is 0 Å². The number of phosphoric ester groups is 1. The summed E-state index contributed by atoms with van der Waals surface area (Å²) < 4.78 is 30.7. The number of rotatable bonds is 59. The van der Waals surface area contributed by atoms with Crippen LogP contribution in [-0.2, 0) is 27.9 Å². The van der Waals surface area contributed by atoms with E-state index < -0.39 is 20.0 Å². The third kappa shape index (κ3) is 59.6. The van der Waals surface area contributed by atoms with E-state index in [1.54, 1.807) is 0 Å². The van der Waals surface area contributed by atoms with Crippen molar-refractivity contribution in [3.63, 3.8) is 0 Å². The molecule has 0 heterocycles. The number of esters is 1. The molecule has 0 radical (unpaired) electrons. The van der Waals surface area contributed by atoms with Crippen LogP contribution < -0.4 is 5.32 Å². The van der Waals surface area contributed by atoms with Crippen molar-refractivity contribution >= 4 is 19.7 Å². The first-order valence-corrected chi connectivity index (χ1v) is 34.4. The smallest absolute Gasteiger partial charge is 0.456 e. The van der Waals surface area contributed by atoms with E-state index >= 15 is 0 Å². The maximum atomic E-state index is 13.5. The zero-order chi connectivity index (χ0) is 57.9. The van der Waals surface area contributed by atoms with Crippen LogP contribution in [0.3, 0.4) is 0 Å². The molecule has 0 fully saturated rings. The highest BCUT2D eigenvalue weighted by molar-refractivity contribution is 7.47. The standard InChI is InChI=1S/C69H125N2O7P/c1-7-10-13-16-19-22-25-27-29-31-32-33-34-35-36-37-38-40-42-44-47-50-53-56-59-62-69(73)78-67(60-57-54-51-48-45-24-21-18-15-12-9-3)66(65-77-79(74,75)76-64-63-71(4,5)6)70-68(72)61-58-55-52-49-46-43-41-39-30-28-26-23-20-17-14-11-8-2/h11,14,20,23,27-30,41,43,49,52,57,60,66-67H,7-10,12-13,15-19,21-22,24-26,31-40,42,44-48,50-51,53-56,58-59,61-65H2,1-6H3,(H-,70,72,74,75)/p+1/b14-11-,23-20-,29-27+,30-28-,43-41-,52-49-,60-57-. The number of unbranched alkanes of at least 4 members (excludes halogenated alkanes) is 31. The summed E-state index contributed by atoms with van der Waals surface area (Å²) >= 11 is 0. The molecule has 79 heavy (non-hydrogen) atoms. The molecule has 0 aliphatic rings. The molecule has 0 saturated heterocycles. The first-order valence-electron chi connectivity index (χ1n) is 32.9. The molecule has 1 amide bonds. The van der Waals surface area contributed by atoms with Crippen molar-refractivity contribution in [3.8, 4) is 0 Å². The molecule has 0 rings (SSSR count). The average Bonchev–Trinajstić information content (AvgIpc) is 3.41. The van der Waals surface area contributed by atoms with Gasteiger partial charge in [0.2, 0.25) is 5.91 Å². The molecule has 0 saturated carbocycles. The average molecular weight is 1130 g/mol. The number of carbonyl (C=O) groups excluding carboxylic acids is 2. The molecule has 10 heteroatoms. The molecule has 9 nitrogen and oxygen atoms in total. The van der Waals surface area contributed by atoms with Crippen LogP contribution in [0.4, 0.5) is 0 Å². The van der Waals surface area contributed by atoms with Crippen LogP contribution in [0.5, 0.6) is 0 Å². The van der Waals surface area contributed by atoms with Gasteiger partial charge in [0.25, 0.3) is 0 Å². The Kier molecular flexibility index (Phi) is 56.3. The van der Waals surface area contributed by atoms with Crippen LogP contribution in [0.15, 0.2) is 85.1 Å². The summed E-state index contributed by atoms with van der Waals surface area (Å²) in [5, 5.41) is 3.02. The van der Waals surface area contributed by atoms with Gasteiger partial charge in [0.05, 0.1) is 33.8 Å². The molecule has 3 atom stereocenters. The second-order valence-electron chi connectivity index (χ2n) is 23.3. The molecule has 458 valence electrons. The summed E-state index contributed by atoms with van der Waals surface area (Å²) in [5.74, 6) is -0.570. The van der Waals surface area contributed by atoms with E-state index in [0.29, 0.717) is 17.4 Å². The predicted octanol–water partition coefficient (Wildman–Crippen LogP) is 20.6. The summed E-state index contributed by atoms with van der Waals surface area (Å²) in [6.07, 6.45) is 77.5. The highest BCUT2D eigenvalue weighted by Crippen LogP contribution is 2.43. The van der Waals surface area contributed by atoms with Gasteiger partial charge >= 0.3 is 13.8 Å². The predicted molar refractivity (Wildman–Crippen MR) is 341 cm³/mol. The number of allylic oxidation sites excluding steroid dienone is 13. The number of quaternary nitrogens is 1. The van der Waals surface area contributed by atoms with E-state index in [-0.39, 0.29) is 37.9 Å². The molecule has 3 unspecified atom stereocenters. The number of carbonyl (C=O) groups is 2. The molecule has 0 aromatic heterocycles. The van der Waals surface area contributed by atoms with Crippen molar-refractivity contribution in [2.45, 2.75) is 303 Å². The van der Waals surface area contributed by atoms with Gasteiger partial charge in [-0.05, 0) is 96.0 Å². The van der Waals surface area contributed by atoms with Crippen molar-refractivity contribution < 1.29 is 37.3 Å². The van der Waals surface area contributed by atoms with E-state index in [0.717, 1.165) is 77.0 Å². The lowest BCUT2D eigenvalue weighted by Crippen LogP contribution is -2.47. The Morgan fingerprint density at radius 3 is 1.25 bits per heavy atom. The van der Waals surface area contributed by atoms with Crippen LogP contribution in [0, 0.1) is 0 Å². The molecule has 0 aromatic carbocycles. The van der Waals surface area contributed by atoms with Gasteiger partial charge in [-0.25, -0.2) is 4.57 Å². The van der Waals surface area contributed by atoms with E-state index in [9.17, 15) is 19.0 Å². The van der Waals surface area contributed by atoms with E-state index in [2.05, 4.69) is 99.0 Å². The van der Waals surface area contributed by atoms with Crippen LogP contribution in [-0.4, -0.2) is 74.3 Å². The van der Waals surface area contributed by atoms with Crippen LogP contribution in [0.2, 0.25) is 0 Å². The largest absolute Gasteiger partial charge is 0.472 e. The molecule has 0 bridgehead atoms. The minimum Gasteiger partial charge on any atom is -0.456 e. The summed E-state index contributed by atoms with van der Waals surface area (Å²) in [7, 11) is 1.46. The van der Waals surface area contributed by atoms with E-state index in [1.165, 1.54) is 173 Å². The molecule has 0 aliphatic heterocycles. The number of ether oxygens (including phenoxy) is 1. The van der Waals surface area contributed by atoms with Crippen molar-refractivity contribution in [1.29, 1.82) is 0 Å². The van der Waals surface area contributed by atoms with Crippen molar-refractivity contribution in [2.24, 2.45) is 0 Å². The normalized spacial score (nSPS) is 14.2. The molecule has 2 N–H and O–H groups in total. The second kappa shape index (κ2) is 58.4. The minimum absolute atomic E-state index is 0.0272. The lowest BCUT2D eigenvalue weighted by atomic mass is 10.0. The third-order valence-electron chi connectivity index (χ3n) is 14.3. The van der Waals surface area contributed by atoms with Gasteiger partial charge in [-0.2, -0.15) is 0 Å². The summed E-state index contributed by atoms with van der Waals surface area (Å²) in [6, 6.07) is -0.881. The zero-order valence-corrected chi connectivity index (χ0v) is 53.2. The Balaban J connectivity index is 5.13. The van der Waals surface area contributed by atoms with Crippen LogP contribution >= 0.6 is 7.82 Å². The molecule has 0 spiro atoms. The van der Waals surface area contributed by atoms with Gasteiger partial charge < -0.3 is 19.4 Å². The van der Waals surface area contributed by atoms with Gasteiger partial charge in [-0.1, -0.05) is 267 Å². The third-order valence-corrected chi connectivity index (χ3v) is 15.3. The number of nitrogens with one attached hydrogen (secondary N) is 1. The zero-order valence-electron chi connectivity index (χ0n) is 52.3. The highest BCUT2D eigenvalue weighted by atomic mass is 31.2. The Labute approximate surface area is 488 Å². The van der Waals surface area contributed by atoms with Gasteiger partial charge in [0.1, 0.15) is 19.3 Å². The second-order valence-corrected chi connectivity index (χ2v) is 24.7. The number of amides is 1. The molecular formula is C69H126N2O7P+. The number of nitrogens with zero attached hydrogens (tertiary/aromatic N) is 1. The van der Waals surface area contributed by atoms with Gasteiger partial charge in [-0.3, -0.25) is 18.6 Å². The first kappa shape index (κ1) is 76.2. The lowest BCUT2D eigenvalue weighted by molar-refractivity contribution is -0.870. The van der Waals surface area contributed by atoms with Gasteiger partial charge in [-0.15, -0.1) is 0 Å². The van der Waals surface area contributed by atoms with E-state index in [1.807, 2.05) is 33.3 Å². The molecular weight excluding hydrogens is 1000 g/mol. The monoisotopic (exact) mass is 1130 g/mol. The van der Waals surface area contributed by atoms with Crippen molar-refractivity contribution in [2.75, 3.05) is 40.9 Å². The number of hydrogen-bond donors (Lipinski definition) is 2. The quantitative estimate of drug-likeness (QED) is 0.0205. The summed E-state index contributed by atoms with van der Waals surface area (Å²) in [4.78, 5) is 37.7. The number of hydrogen-bond acceptors (Lipinski definition) is 6. The fourth-order valence-electron chi connectivity index (χ4n) is 9.27. The molecule has 0 aromatic rings. The molecule has 0 aliphatic carbocycles. The van der Waals surface area contributed by atoms with Crippen LogP contribution in [0.25, 0.3) is 0 Å². The van der Waals surface area contributed by atoms with Crippen molar-refractivity contribution in [3.05, 3.63) is 85.1 Å². The Hall–Kier alpha value is -2.81. The first-order chi connectivity index (χ1) is 38.4. The SMILES string of the molecule is CC/C=C\C/C=C\C/C=C\C/C=C\C/C=C\CCCC(=O)NC(COP(=O)(O)OCC[N+](C)(C)C)C(/C=C\CCCCCCCCCCC)OC(=O)CCCCCCCCCCCCCCCCC/C=C/CCCCCCCC. The van der Waals surface area contributed by atoms with Crippen molar-refractivity contribution in [1.82, 2.24) is 5.32 Å². The topological polar surface area (TPSA) is 111 Å². The fraction of sp³-hybridized carbons (Fsp3) is 0.768. The maximum absolute atomic E-state index is 13.5. The lowest BCUT2D eigenvalue weighted by Gasteiger charge is -2.27. The van der Waals surface area contributed by atoms with Crippen LogP contribution in [0.1, 0.15) is 290 Å². The summed E-state index contributed by atoms with van der Waals surface area (Å²) in [6.45, 7) is 6.86. The number of phosphoric acid groups is 1. The van der Waals surface area contributed by atoms with Gasteiger partial charge in [0, 0.05) is 12.8 Å². The highest BCUT2D eigenvalue weighted by Gasteiger charge is 2.30. The maximum Gasteiger partial charge on any atom is 0.472 e. The Bertz CT molecular complexity index is 1630. The van der Waals surface area contributed by atoms with E-state index in [4.69, 9.17) is 13.8 Å².